The smallest absolute Gasteiger partial charge is 0.124 e. The highest BCUT2D eigenvalue weighted by molar-refractivity contribution is 5.47. The van der Waals surface area contributed by atoms with Crippen molar-refractivity contribution in [1.82, 2.24) is 0 Å². The monoisotopic (exact) mass is 285 g/mol. The number of hydrogen-bond donors (Lipinski definition) is 1. The number of benzene rings is 2. The van der Waals surface area contributed by atoms with Gasteiger partial charge in [0.2, 0.25) is 0 Å². The van der Waals surface area contributed by atoms with Gasteiger partial charge in [0, 0.05) is 24.4 Å². The minimum absolute atomic E-state index is 0.217. The molecule has 21 heavy (non-hydrogen) atoms. The van der Waals surface area contributed by atoms with Crippen molar-refractivity contribution in [2.75, 3.05) is 19.5 Å². The second-order valence-corrected chi connectivity index (χ2v) is 5.24. The highest BCUT2D eigenvalue weighted by Crippen LogP contribution is 2.26. The quantitative estimate of drug-likeness (QED) is 0.857. The SMILES string of the molecule is COCc1cc(C(C)Nc2ccc(C)cc2)ccc1OC. The number of hydrogen-bond acceptors (Lipinski definition) is 3. The third kappa shape index (κ3) is 3.99. The van der Waals surface area contributed by atoms with Gasteiger partial charge in [0.1, 0.15) is 5.75 Å². The lowest BCUT2D eigenvalue weighted by Crippen LogP contribution is -2.07. The molecule has 0 aliphatic heterocycles. The van der Waals surface area contributed by atoms with Crippen molar-refractivity contribution in [3.8, 4) is 5.75 Å². The Hall–Kier alpha value is -2.00. The number of ether oxygens (including phenoxy) is 2. The molecule has 3 nitrogen and oxygen atoms in total. The van der Waals surface area contributed by atoms with Crippen LogP contribution in [0.1, 0.15) is 29.7 Å². The molecule has 2 aromatic rings. The lowest BCUT2D eigenvalue weighted by atomic mass is 10.0. The molecule has 1 unspecified atom stereocenters. The van der Waals surface area contributed by atoms with E-state index in [1.807, 2.05) is 6.07 Å². The molecule has 3 heteroatoms. The van der Waals surface area contributed by atoms with Crippen LogP contribution in [0, 0.1) is 6.92 Å². The maximum atomic E-state index is 5.36. The third-order valence-corrected chi connectivity index (χ3v) is 3.54. The van der Waals surface area contributed by atoms with Gasteiger partial charge in [-0.05, 0) is 43.7 Å². The first-order chi connectivity index (χ1) is 10.1. The van der Waals surface area contributed by atoms with E-state index in [-0.39, 0.29) is 6.04 Å². The van der Waals surface area contributed by atoms with E-state index in [1.165, 1.54) is 11.1 Å². The zero-order valence-corrected chi connectivity index (χ0v) is 13.1. The molecule has 2 rings (SSSR count). The number of nitrogens with one attached hydrogen (secondary N) is 1. The summed E-state index contributed by atoms with van der Waals surface area (Å²) in [7, 11) is 3.38. The van der Waals surface area contributed by atoms with Crippen molar-refractivity contribution in [1.29, 1.82) is 0 Å². The predicted molar refractivity (Wildman–Crippen MR) is 86.9 cm³/mol. The summed E-state index contributed by atoms with van der Waals surface area (Å²) in [6.45, 7) is 4.79. The van der Waals surface area contributed by atoms with E-state index in [0.717, 1.165) is 17.0 Å². The van der Waals surface area contributed by atoms with Crippen molar-refractivity contribution in [2.45, 2.75) is 26.5 Å². The first-order valence-electron chi connectivity index (χ1n) is 7.13. The van der Waals surface area contributed by atoms with Crippen LogP contribution in [0.2, 0.25) is 0 Å². The number of rotatable bonds is 6. The second kappa shape index (κ2) is 7.14. The molecule has 0 spiro atoms. The van der Waals surface area contributed by atoms with Crippen molar-refractivity contribution in [3.05, 3.63) is 59.2 Å². The fourth-order valence-electron chi connectivity index (χ4n) is 2.32. The molecule has 0 aliphatic carbocycles. The molecule has 0 radical (unpaired) electrons. The van der Waals surface area contributed by atoms with Gasteiger partial charge in [0.15, 0.2) is 0 Å². The van der Waals surface area contributed by atoms with Gasteiger partial charge in [0.25, 0.3) is 0 Å². The number of aryl methyl sites for hydroxylation is 1. The number of anilines is 1. The average Bonchev–Trinajstić information content (AvgIpc) is 2.50. The molecule has 0 aromatic heterocycles. The summed E-state index contributed by atoms with van der Waals surface area (Å²) in [5.41, 5.74) is 4.66. The highest BCUT2D eigenvalue weighted by atomic mass is 16.5. The molecule has 1 N–H and O–H groups in total. The summed E-state index contributed by atoms with van der Waals surface area (Å²) in [6.07, 6.45) is 0. The summed E-state index contributed by atoms with van der Waals surface area (Å²) in [5, 5.41) is 3.51. The Morgan fingerprint density at radius 2 is 1.76 bits per heavy atom. The minimum atomic E-state index is 0.217. The summed E-state index contributed by atoms with van der Waals surface area (Å²) >= 11 is 0. The molecule has 2 aromatic carbocycles. The Labute approximate surface area is 126 Å². The maximum Gasteiger partial charge on any atom is 0.124 e. The zero-order valence-electron chi connectivity index (χ0n) is 13.1. The Morgan fingerprint density at radius 3 is 2.38 bits per heavy atom. The molecule has 0 heterocycles. The van der Waals surface area contributed by atoms with Crippen LogP contribution >= 0.6 is 0 Å². The maximum absolute atomic E-state index is 5.36. The Balaban J connectivity index is 2.16. The third-order valence-electron chi connectivity index (χ3n) is 3.54. The van der Waals surface area contributed by atoms with Crippen molar-refractivity contribution in [2.24, 2.45) is 0 Å². The molecule has 1 atom stereocenters. The number of methoxy groups -OCH3 is 2. The fraction of sp³-hybridized carbons (Fsp3) is 0.333. The Bertz CT molecular complexity index is 578. The van der Waals surface area contributed by atoms with Crippen molar-refractivity contribution >= 4 is 5.69 Å². The standard InChI is InChI=1S/C18H23NO2/c1-13-5-8-17(9-6-13)19-14(2)15-7-10-18(21-4)16(11-15)12-20-3/h5-11,14,19H,12H2,1-4H3. The van der Waals surface area contributed by atoms with E-state index in [4.69, 9.17) is 9.47 Å². The second-order valence-electron chi connectivity index (χ2n) is 5.24. The van der Waals surface area contributed by atoms with E-state index in [2.05, 4.69) is 55.6 Å². The van der Waals surface area contributed by atoms with Gasteiger partial charge in [-0.15, -0.1) is 0 Å². The first-order valence-corrected chi connectivity index (χ1v) is 7.13. The molecule has 0 amide bonds. The predicted octanol–water partition coefficient (Wildman–Crippen LogP) is 4.32. The van der Waals surface area contributed by atoms with Crippen LogP contribution in [0.25, 0.3) is 0 Å². The lowest BCUT2D eigenvalue weighted by Gasteiger charge is -2.18. The van der Waals surface area contributed by atoms with Crippen molar-refractivity contribution < 1.29 is 9.47 Å². The van der Waals surface area contributed by atoms with Gasteiger partial charge in [-0.2, -0.15) is 0 Å². The largest absolute Gasteiger partial charge is 0.496 e. The normalized spacial score (nSPS) is 12.0. The Kier molecular flexibility index (Phi) is 5.23. The van der Waals surface area contributed by atoms with E-state index in [1.54, 1.807) is 14.2 Å². The van der Waals surface area contributed by atoms with Crippen LogP contribution in [-0.4, -0.2) is 14.2 Å². The van der Waals surface area contributed by atoms with E-state index < -0.39 is 0 Å². The summed E-state index contributed by atoms with van der Waals surface area (Å²) in [6, 6.07) is 14.9. The fourth-order valence-corrected chi connectivity index (χ4v) is 2.32. The molecular weight excluding hydrogens is 262 g/mol. The van der Waals surface area contributed by atoms with Crippen LogP contribution in [0.3, 0.4) is 0 Å². The van der Waals surface area contributed by atoms with Crippen LogP contribution in [0.4, 0.5) is 5.69 Å². The van der Waals surface area contributed by atoms with Gasteiger partial charge < -0.3 is 14.8 Å². The Morgan fingerprint density at radius 1 is 1.05 bits per heavy atom. The molecule has 112 valence electrons. The summed E-state index contributed by atoms with van der Waals surface area (Å²) < 4.78 is 10.6. The van der Waals surface area contributed by atoms with Gasteiger partial charge in [-0.1, -0.05) is 23.8 Å². The van der Waals surface area contributed by atoms with E-state index in [9.17, 15) is 0 Å². The van der Waals surface area contributed by atoms with Gasteiger partial charge in [-0.25, -0.2) is 0 Å². The molecular formula is C18H23NO2. The van der Waals surface area contributed by atoms with E-state index >= 15 is 0 Å². The van der Waals surface area contributed by atoms with Crippen molar-refractivity contribution in [3.63, 3.8) is 0 Å². The van der Waals surface area contributed by atoms with Crippen LogP contribution in [-0.2, 0) is 11.3 Å². The van der Waals surface area contributed by atoms with Gasteiger partial charge >= 0.3 is 0 Å². The molecule has 0 saturated heterocycles. The minimum Gasteiger partial charge on any atom is -0.496 e. The zero-order chi connectivity index (χ0) is 15.2. The average molecular weight is 285 g/mol. The topological polar surface area (TPSA) is 30.5 Å². The molecule has 0 bridgehead atoms. The van der Waals surface area contributed by atoms with Crippen LogP contribution in [0.5, 0.6) is 5.75 Å². The summed E-state index contributed by atoms with van der Waals surface area (Å²) in [5.74, 6) is 0.864. The molecule has 0 saturated carbocycles. The summed E-state index contributed by atoms with van der Waals surface area (Å²) in [4.78, 5) is 0. The molecule has 0 fully saturated rings. The lowest BCUT2D eigenvalue weighted by molar-refractivity contribution is 0.181. The van der Waals surface area contributed by atoms with E-state index in [0.29, 0.717) is 6.61 Å². The highest BCUT2D eigenvalue weighted by Gasteiger charge is 2.09. The first kappa shape index (κ1) is 15.4. The molecule has 0 aliphatic rings. The van der Waals surface area contributed by atoms with Gasteiger partial charge in [-0.3, -0.25) is 0 Å². The van der Waals surface area contributed by atoms with Crippen LogP contribution < -0.4 is 10.1 Å². The van der Waals surface area contributed by atoms with Crippen LogP contribution in [0.15, 0.2) is 42.5 Å². The van der Waals surface area contributed by atoms with Gasteiger partial charge in [0.05, 0.1) is 13.7 Å².